The van der Waals surface area contributed by atoms with Gasteiger partial charge in [-0.1, -0.05) is 11.6 Å². The molecule has 4 rings (SSSR count). The van der Waals surface area contributed by atoms with E-state index in [1.54, 1.807) is 19.2 Å². The number of halogens is 1. The Morgan fingerprint density at radius 2 is 2.12 bits per heavy atom. The van der Waals surface area contributed by atoms with Crippen LogP contribution in [0.5, 0.6) is 11.5 Å². The first-order valence-corrected chi connectivity index (χ1v) is 9.07. The third-order valence-electron chi connectivity index (χ3n) is 6.51. The smallest absolute Gasteiger partial charge is 0.197 e. The van der Waals surface area contributed by atoms with Crippen molar-refractivity contribution in [1.82, 2.24) is 0 Å². The number of aromatic hydroxyl groups is 1. The first kappa shape index (κ1) is 17.6. The van der Waals surface area contributed by atoms with Gasteiger partial charge in [0.05, 0.1) is 27.8 Å². The molecule has 0 amide bonds. The van der Waals surface area contributed by atoms with E-state index in [-0.39, 0.29) is 29.9 Å². The van der Waals surface area contributed by atoms with E-state index < -0.39 is 10.1 Å². The number of quaternary nitrogens is 1. The number of piperidine rings is 1. The molecule has 0 saturated carbocycles. The lowest BCUT2D eigenvalue weighted by atomic mass is 9.53. The van der Waals surface area contributed by atoms with Crippen molar-refractivity contribution < 1.29 is 24.0 Å². The summed E-state index contributed by atoms with van der Waals surface area (Å²) in [5.74, 6) is 0.303. The predicted octanol–water partition coefficient (Wildman–Crippen LogP) is 2.68. The third kappa shape index (κ3) is 2.15. The van der Waals surface area contributed by atoms with Crippen LogP contribution in [0.3, 0.4) is 0 Å². The van der Waals surface area contributed by atoms with E-state index in [0.29, 0.717) is 41.5 Å². The first-order valence-electron chi connectivity index (χ1n) is 8.69. The largest absolute Gasteiger partial charge is 0.633 e. The molecule has 1 heterocycles. The lowest BCUT2D eigenvalue weighted by Crippen LogP contribution is -2.66. The van der Waals surface area contributed by atoms with Crippen LogP contribution in [0.1, 0.15) is 24.0 Å². The number of phenols is 1. The molecule has 1 aliphatic heterocycles. The van der Waals surface area contributed by atoms with Gasteiger partial charge in [0.15, 0.2) is 23.0 Å². The molecule has 2 bridgehead atoms. The number of ether oxygens (including phenoxy) is 2. The van der Waals surface area contributed by atoms with Gasteiger partial charge in [-0.3, -0.25) is 4.79 Å². The van der Waals surface area contributed by atoms with Crippen LogP contribution in [0.2, 0.25) is 5.02 Å². The molecule has 1 unspecified atom stereocenters. The maximum Gasteiger partial charge on any atom is 0.197 e. The Morgan fingerprint density at radius 3 is 2.77 bits per heavy atom. The number of phenolic OH excluding ortho intramolecular Hbond substituents is 1. The van der Waals surface area contributed by atoms with E-state index >= 15 is 0 Å². The van der Waals surface area contributed by atoms with E-state index in [0.717, 1.165) is 5.56 Å². The third-order valence-corrected chi connectivity index (χ3v) is 6.84. The highest BCUT2D eigenvalue weighted by atomic mass is 35.5. The summed E-state index contributed by atoms with van der Waals surface area (Å²) in [4.78, 5) is 12.7. The fourth-order valence-corrected chi connectivity index (χ4v) is 5.48. The average molecular weight is 380 g/mol. The van der Waals surface area contributed by atoms with Gasteiger partial charge < -0.3 is 24.4 Å². The molecule has 3 aliphatic rings. The number of likely N-dealkylation sites (N-methyl/N-ethyl adjacent to an activating group) is 1. The maximum atomic E-state index is 13.2. The molecule has 1 fully saturated rings. The van der Waals surface area contributed by atoms with E-state index in [1.807, 2.05) is 0 Å². The van der Waals surface area contributed by atoms with E-state index in [9.17, 15) is 15.1 Å². The molecular weight excluding hydrogens is 358 g/mol. The van der Waals surface area contributed by atoms with Crippen molar-refractivity contribution in [2.24, 2.45) is 5.92 Å². The standard InChI is InChI=1S/C19H22ClNO5/c1-21(24)5-4-19-9-14(22)15(25-2)7-11(19)13(21)6-10-12(20)8-16(26-3)18(23)17(10)19/h7-8,11,13,23H,4-6,9H2,1-3H3/t11-,13+,19-,21?/m0/s1. The summed E-state index contributed by atoms with van der Waals surface area (Å²) in [5.41, 5.74) is 0.776. The van der Waals surface area contributed by atoms with Gasteiger partial charge in [0.2, 0.25) is 0 Å². The second-order valence-electron chi connectivity index (χ2n) is 7.70. The summed E-state index contributed by atoms with van der Waals surface area (Å²) in [5, 5.41) is 24.6. The number of fused-ring (bicyclic) bond motifs is 1. The molecule has 4 atom stereocenters. The number of methoxy groups -OCH3 is 2. The van der Waals surface area contributed by atoms with Crippen LogP contribution in [0.4, 0.5) is 0 Å². The lowest BCUT2D eigenvalue weighted by Gasteiger charge is -2.61. The first-order chi connectivity index (χ1) is 12.2. The zero-order valence-corrected chi connectivity index (χ0v) is 15.8. The fraction of sp³-hybridized carbons (Fsp3) is 0.526. The van der Waals surface area contributed by atoms with Gasteiger partial charge in [-0.2, -0.15) is 0 Å². The Labute approximate surface area is 157 Å². The second kappa shape index (κ2) is 5.62. The van der Waals surface area contributed by atoms with Crippen LogP contribution in [-0.2, 0) is 21.4 Å². The number of hydroxylamine groups is 3. The molecule has 140 valence electrons. The number of rotatable bonds is 2. The van der Waals surface area contributed by atoms with Crippen LogP contribution < -0.4 is 4.74 Å². The summed E-state index contributed by atoms with van der Waals surface area (Å²) in [6.07, 6.45) is 2.93. The quantitative estimate of drug-likeness (QED) is 0.631. The average Bonchev–Trinajstić information content (AvgIpc) is 2.60. The van der Waals surface area contributed by atoms with Gasteiger partial charge in [-0.05, 0) is 11.6 Å². The molecule has 7 heteroatoms. The second-order valence-corrected chi connectivity index (χ2v) is 8.11. The van der Waals surface area contributed by atoms with Gasteiger partial charge in [-0.15, -0.1) is 0 Å². The summed E-state index contributed by atoms with van der Waals surface area (Å²) >= 11 is 6.50. The maximum absolute atomic E-state index is 13.2. The Morgan fingerprint density at radius 1 is 1.38 bits per heavy atom. The zero-order chi connectivity index (χ0) is 18.9. The van der Waals surface area contributed by atoms with Crippen molar-refractivity contribution in [3.63, 3.8) is 0 Å². The molecule has 1 N–H and O–H groups in total. The highest BCUT2D eigenvalue weighted by molar-refractivity contribution is 6.31. The number of nitrogens with zero attached hydrogens (tertiary/aromatic N) is 1. The number of ketones is 1. The SMILES string of the molecule is COC1=C[C@H]2[C@H]3Cc4c(Cl)cc(OC)c(O)c4[C@@]2(CC[N+]3(C)[O-])CC1=O. The van der Waals surface area contributed by atoms with Crippen molar-refractivity contribution in [2.45, 2.75) is 30.7 Å². The summed E-state index contributed by atoms with van der Waals surface area (Å²) in [6.45, 7) is 0.387. The minimum absolute atomic E-state index is 0.0272. The number of carbonyl (C=O) groups excluding carboxylic acids is 1. The molecular formula is C19H22ClNO5. The Kier molecular flexibility index (Phi) is 3.81. The van der Waals surface area contributed by atoms with Gasteiger partial charge in [0.1, 0.15) is 6.04 Å². The van der Waals surface area contributed by atoms with Crippen LogP contribution in [0.25, 0.3) is 0 Å². The number of allylic oxidation sites excluding steroid dienone is 1. The molecule has 0 radical (unpaired) electrons. The molecule has 6 nitrogen and oxygen atoms in total. The molecule has 0 aromatic heterocycles. The van der Waals surface area contributed by atoms with E-state index in [4.69, 9.17) is 21.1 Å². The summed E-state index contributed by atoms with van der Waals surface area (Å²) in [6, 6.07) is 1.30. The van der Waals surface area contributed by atoms with Crippen LogP contribution in [-0.4, -0.2) is 49.4 Å². The number of hydrogen-bond donors (Lipinski definition) is 1. The molecule has 0 spiro atoms. The van der Waals surface area contributed by atoms with Gasteiger partial charge in [-0.25, -0.2) is 0 Å². The zero-order valence-electron chi connectivity index (χ0n) is 15.0. The summed E-state index contributed by atoms with van der Waals surface area (Å²) < 4.78 is 10.2. The minimum atomic E-state index is -0.651. The van der Waals surface area contributed by atoms with E-state index in [1.165, 1.54) is 14.2 Å². The Balaban J connectivity index is 2.03. The number of likely N-dealkylation sites (tertiary alicyclic amines) is 1. The fourth-order valence-electron chi connectivity index (χ4n) is 5.21. The monoisotopic (exact) mass is 379 g/mol. The highest BCUT2D eigenvalue weighted by Crippen LogP contribution is 2.60. The van der Waals surface area contributed by atoms with Crippen molar-refractivity contribution in [1.29, 1.82) is 0 Å². The number of carbonyl (C=O) groups is 1. The number of benzene rings is 1. The Hall–Kier alpha value is -1.76. The lowest BCUT2D eigenvalue weighted by molar-refractivity contribution is -0.898. The molecule has 26 heavy (non-hydrogen) atoms. The van der Waals surface area contributed by atoms with Gasteiger partial charge in [0.25, 0.3) is 0 Å². The van der Waals surface area contributed by atoms with Crippen LogP contribution >= 0.6 is 11.6 Å². The molecule has 1 aromatic carbocycles. The van der Waals surface area contributed by atoms with Crippen molar-refractivity contribution in [3.8, 4) is 11.5 Å². The summed E-state index contributed by atoms with van der Waals surface area (Å²) in [7, 11) is 4.62. The molecule has 1 aromatic rings. The van der Waals surface area contributed by atoms with Crippen LogP contribution in [0.15, 0.2) is 17.9 Å². The highest BCUT2D eigenvalue weighted by Gasteiger charge is 2.60. The van der Waals surface area contributed by atoms with Crippen molar-refractivity contribution >= 4 is 17.4 Å². The number of hydrogen-bond acceptors (Lipinski definition) is 5. The Bertz CT molecular complexity index is 834. The topological polar surface area (TPSA) is 78.8 Å². The normalized spacial score (nSPS) is 35.3. The van der Waals surface area contributed by atoms with Gasteiger partial charge >= 0.3 is 0 Å². The van der Waals surface area contributed by atoms with Gasteiger partial charge in [0, 0.05) is 47.2 Å². The number of Topliss-reactive ketones (excluding diaryl/α,β-unsaturated/α-hetero) is 1. The minimum Gasteiger partial charge on any atom is -0.633 e. The predicted molar refractivity (Wildman–Crippen MR) is 96.1 cm³/mol. The molecule has 1 saturated heterocycles. The van der Waals surface area contributed by atoms with Crippen molar-refractivity contribution in [2.75, 3.05) is 27.8 Å². The van der Waals surface area contributed by atoms with E-state index in [2.05, 4.69) is 0 Å². The van der Waals surface area contributed by atoms with Crippen molar-refractivity contribution in [3.05, 3.63) is 39.3 Å². The van der Waals surface area contributed by atoms with Crippen LogP contribution in [0, 0.1) is 11.1 Å². The molecule has 2 aliphatic carbocycles.